The van der Waals surface area contributed by atoms with Crippen molar-refractivity contribution in [3.63, 3.8) is 0 Å². The molecule has 3 saturated heterocycles. The predicted octanol–water partition coefficient (Wildman–Crippen LogP) is 16.0. The van der Waals surface area contributed by atoms with E-state index >= 15 is 0 Å². The van der Waals surface area contributed by atoms with Gasteiger partial charge in [-0.1, -0.05) is 136 Å². The lowest BCUT2D eigenvalue weighted by Crippen LogP contribution is -2.22. The van der Waals surface area contributed by atoms with Gasteiger partial charge >= 0.3 is 18.0 Å². The number of unbranched alkanes of at least 4 members (excludes halogenated alkanes) is 3. The van der Waals surface area contributed by atoms with Crippen LogP contribution in [0.3, 0.4) is 0 Å². The summed E-state index contributed by atoms with van der Waals surface area (Å²) in [6.45, 7) is 40.9. The molecule has 1 unspecified atom stereocenters. The molecule has 4 aliphatic rings. The molecule has 0 radical (unpaired) electrons. The van der Waals surface area contributed by atoms with E-state index in [4.69, 9.17) is 40.9 Å². The van der Waals surface area contributed by atoms with Gasteiger partial charge < -0.3 is 55.1 Å². The van der Waals surface area contributed by atoms with Gasteiger partial charge in [-0.2, -0.15) is 29.9 Å². The number of nitrogens with zero attached hydrogens (tertiary/aromatic N) is 14. The zero-order valence-corrected chi connectivity index (χ0v) is 72.9. The Hall–Kier alpha value is -7.13. The number of nitrogens with two attached hydrogens (primary N) is 3. The van der Waals surface area contributed by atoms with Crippen LogP contribution in [0.15, 0.2) is 77.9 Å². The SMILES string of the molecule is CCCCOc1nc(N)c2c(n1)C(Cc1ccc(CN3CCCC3)nc1)=CC2.CCCCOc1nc(N)c2c(n1)c(Br)cn2COCC[Si](C)(C)C.CCCCOc1nc(N)c2c(n1)c(C(O)c1ccc(CN3CCCC3)nc1)cn2COCC[Si](C)(C)C.CC[SiH](CC)CC.O=Cc1ccc(CN2CCCC2)nc1. The molecule has 8 aromatic rings. The number of carbonyl (C=O) groups is 1. The second-order valence-corrected chi connectivity index (χ2v) is 48.0. The third-order valence-electron chi connectivity index (χ3n) is 20.1. The number of pyridine rings is 3. The fourth-order valence-corrected chi connectivity index (χ4v) is 16.9. The van der Waals surface area contributed by atoms with E-state index in [0.29, 0.717) is 97.1 Å². The van der Waals surface area contributed by atoms with Gasteiger partial charge in [-0.15, -0.1) is 0 Å². The van der Waals surface area contributed by atoms with Crippen LogP contribution in [0, 0.1) is 0 Å². The van der Waals surface area contributed by atoms with Crippen LogP contribution in [-0.4, -0.2) is 177 Å². The fraction of sp³-hybridized carbons (Fsp3) is 0.585. The monoisotopic (exact) mass is 1630 g/mol. The van der Waals surface area contributed by atoms with E-state index in [2.05, 4.69) is 175 Å². The second kappa shape index (κ2) is 45.5. The molecule has 11 heterocycles. The zero-order valence-electron chi connectivity index (χ0n) is 68.2. The molecule has 0 saturated carbocycles. The number of aldehydes is 1. The van der Waals surface area contributed by atoms with Gasteiger partial charge in [0.25, 0.3) is 0 Å². The van der Waals surface area contributed by atoms with Gasteiger partial charge in [-0.25, -0.2) is 0 Å². The molecule has 602 valence electrons. The van der Waals surface area contributed by atoms with Gasteiger partial charge in [0.1, 0.15) is 47.5 Å². The first-order chi connectivity index (χ1) is 53.0. The third-order valence-corrected chi connectivity index (χ3v) is 27.6. The van der Waals surface area contributed by atoms with Crippen molar-refractivity contribution in [2.75, 3.05) is 89.5 Å². The number of halogens is 1. The highest BCUT2D eigenvalue weighted by molar-refractivity contribution is 9.10. The largest absolute Gasteiger partial charge is 0.463 e. The molecule has 1 atom stereocenters. The molecule has 0 aromatic carbocycles. The normalized spacial score (nSPS) is 14.8. The number of aliphatic hydroxyl groups excluding tert-OH is 1. The van der Waals surface area contributed by atoms with E-state index in [0.717, 1.165) is 153 Å². The highest BCUT2D eigenvalue weighted by Gasteiger charge is 2.26. The number of likely N-dealkylation sites (tertiary alicyclic amines) is 3. The highest BCUT2D eigenvalue weighted by atomic mass is 79.9. The number of hydrogen-bond acceptors (Lipinski definition) is 22. The predicted molar refractivity (Wildman–Crippen MR) is 457 cm³/mol. The van der Waals surface area contributed by atoms with Crippen molar-refractivity contribution in [3.8, 4) is 18.0 Å². The van der Waals surface area contributed by atoms with Crippen LogP contribution in [0.5, 0.6) is 18.0 Å². The molecular formula is C82H128BrN17O7Si3. The van der Waals surface area contributed by atoms with Gasteiger partial charge in [-0.05, 0) is 167 Å². The van der Waals surface area contributed by atoms with Crippen LogP contribution < -0.4 is 31.4 Å². The topological polar surface area (TPSA) is 297 Å². The number of fused-ring (bicyclic) bond motifs is 3. The first-order valence-corrected chi connectivity index (χ1v) is 51.2. The van der Waals surface area contributed by atoms with Gasteiger partial charge in [0, 0.05) is 117 Å². The van der Waals surface area contributed by atoms with E-state index in [1.807, 2.05) is 52.0 Å². The summed E-state index contributed by atoms with van der Waals surface area (Å²) in [4.78, 5) is 58.0. The number of ether oxygens (including phenoxy) is 5. The highest BCUT2D eigenvalue weighted by Crippen LogP contribution is 2.36. The Morgan fingerprint density at radius 1 is 0.545 bits per heavy atom. The minimum absolute atomic E-state index is 0.171. The standard InChI is InChI=1S/C27H42N6O3Si.C22H29N5O.C16H27BrN4O2Si.C11H14N2O.C6H16Si/c1-5-6-13-36-27-30-23-22(18-33(24(23)26(28)31-27)19-35-14-15-37(2,3)4)25(34)20-9-10-21(29-16-20)17-32-11-7-8-12-32;1-2-3-12-28-22-25-20-17(7-9-19(20)21(23)26-22)13-16-6-8-18(24-14-16)15-27-10-4-5-11-27;1-5-6-7-23-16-19-13-12(17)10-21(14(13)15(18)20-16)11-22-8-9-24(2,3)4;14-9-10-3-4-11(12-7-10)8-13-5-1-2-6-13;1-4-7(5-2)6-3/h9-10,16,18,25,34H,5-8,11-15,17,19H2,1-4H3,(H2,28,30,31);6-8,14H,2-5,9-13,15H2,1H3,(H2,23,25,26);10H,5-9,11H2,1-4H3,(H2,18,19,20);3-4,7,9H,1-2,5-6,8H2;7H,4-6H2,1-3H3. The fourth-order valence-electron chi connectivity index (χ4n) is 13.1. The Kier molecular flexibility index (Phi) is 36.6. The molecule has 24 nitrogen and oxygen atoms in total. The van der Waals surface area contributed by atoms with Gasteiger partial charge in [-0.3, -0.25) is 34.4 Å². The maximum Gasteiger partial charge on any atom is 0.319 e. The van der Waals surface area contributed by atoms with Crippen molar-refractivity contribution in [3.05, 3.63) is 129 Å². The van der Waals surface area contributed by atoms with Crippen LogP contribution >= 0.6 is 15.9 Å². The number of nitrogen functional groups attached to an aromatic ring is 3. The summed E-state index contributed by atoms with van der Waals surface area (Å²) in [5, 5.41) is 11.4. The lowest BCUT2D eigenvalue weighted by atomic mass is 10.0. The molecule has 3 fully saturated rings. The summed E-state index contributed by atoms with van der Waals surface area (Å²) >= 11 is 3.54. The number of allylic oxidation sites excluding steroid dienone is 2. The number of carbonyl (C=O) groups excluding carboxylic acids is 1. The van der Waals surface area contributed by atoms with Crippen LogP contribution in [0.4, 0.5) is 17.5 Å². The van der Waals surface area contributed by atoms with E-state index < -0.39 is 22.3 Å². The molecule has 7 N–H and O–H groups in total. The molecule has 8 aromatic heterocycles. The average Bonchev–Trinajstić information content (AvgIpc) is 1.63. The number of rotatable bonds is 36. The minimum atomic E-state index is -1.21. The summed E-state index contributed by atoms with van der Waals surface area (Å²) < 4.78 is 33.5. The van der Waals surface area contributed by atoms with Crippen LogP contribution in [0.2, 0.25) is 69.5 Å². The zero-order chi connectivity index (χ0) is 79.0. The minimum Gasteiger partial charge on any atom is -0.463 e. The van der Waals surface area contributed by atoms with E-state index in [9.17, 15) is 9.90 Å². The third kappa shape index (κ3) is 28.5. The van der Waals surface area contributed by atoms with E-state index in [1.165, 1.54) is 94.0 Å². The lowest BCUT2D eigenvalue weighted by Gasteiger charge is -2.16. The summed E-state index contributed by atoms with van der Waals surface area (Å²) in [5.41, 5.74) is 30.9. The molecule has 0 amide bonds. The number of aromatic nitrogens is 11. The van der Waals surface area contributed by atoms with Crippen molar-refractivity contribution in [1.82, 2.24) is 68.7 Å². The Morgan fingerprint density at radius 2 is 0.991 bits per heavy atom. The maximum absolute atomic E-state index is 11.4. The van der Waals surface area contributed by atoms with Crippen molar-refractivity contribution >= 4 is 92.3 Å². The molecule has 1 aliphatic carbocycles. The Balaban J connectivity index is 0.000000186. The molecule has 0 spiro atoms. The summed E-state index contributed by atoms with van der Waals surface area (Å²) in [7, 11) is -2.47. The second-order valence-electron chi connectivity index (χ2n) is 31.7. The average molecular weight is 1630 g/mol. The molecular weight excluding hydrogens is 1500 g/mol. The van der Waals surface area contributed by atoms with Crippen LogP contribution in [0.25, 0.3) is 27.6 Å². The van der Waals surface area contributed by atoms with E-state index in [1.54, 1.807) is 12.4 Å². The smallest absolute Gasteiger partial charge is 0.319 e. The molecule has 12 rings (SSSR count). The van der Waals surface area contributed by atoms with Crippen molar-refractivity contribution < 1.29 is 33.6 Å². The van der Waals surface area contributed by atoms with Crippen LogP contribution in [-0.2, 0) is 55.4 Å². The van der Waals surface area contributed by atoms with Crippen molar-refractivity contribution in [1.29, 1.82) is 0 Å². The van der Waals surface area contributed by atoms with Gasteiger partial charge in [0.2, 0.25) is 0 Å². The number of aliphatic hydroxyl groups is 1. The van der Waals surface area contributed by atoms with Crippen molar-refractivity contribution in [2.24, 2.45) is 0 Å². The molecule has 110 heavy (non-hydrogen) atoms. The molecule has 28 heteroatoms. The molecule has 0 bridgehead atoms. The Labute approximate surface area is 666 Å². The van der Waals surface area contributed by atoms with Gasteiger partial charge in [0.15, 0.2) is 17.9 Å². The van der Waals surface area contributed by atoms with Crippen LogP contribution in [0.1, 0.15) is 180 Å². The Morgan fingerprint density at radius 3 is 1.42 bits per heavy atom. The van der Waals surface area contributed by atoms with Crippen molar-refractivity contribution in [2.45, 2.75) is 240 Å². The summed E-state index contributed by atoms with van der Waals surface area (Å²) in [6, 6.07) is 19.6. The number of anilines is 3. The lowest BCUT2D eigenvalue weighted by molar-refractivity contribution is 0.0899. The summed E-state index contributed by atoms with van der Waals surface area (Å²) in [6.07, 6.45) is 26.6. The first-order valence-electron chi connectivity index (χ1n) is 40.5. The quantitative estimate of drug-likeness (QED) is 0.0161. The van der Waals surface area contributed by atoms with E-state index in [-0.39, 0.29) is 14.8 Å². The maximum atomic E-state index is 11.4. The Bertz CT molecular complexity index is 4080. The summed E-state index contributed by atoms with van der Waals surface area (Å²) in [5.74, 6) is 1.25. The van der Waals surface area contributed by atoms with Gasteiger partial charge in [0.05, 0.1) is 47.1 Å². The first kappa shape index (κ1) is 88.4. The molecule has 3 aliphatic heterocycles. The number of hydrogen-bond donors (Lipinski definition) is 4.